The van der Waals surface area contributed by atoms with Gasteiger partial charge in [-0.2, -0.15) is 0 Å². The van der Waals surface area contributed by atoms with Crippen molar-refractivity contribution in [3.63, 3.8) is 0 Å². The normalized spacial score (nSPS) is 15.2. The Kier molecular flexibility index (Phi) is 26.8. The number of hydrogen-bond donors (Lipinski definition) is 2. The maximum absolute atomic E-state index is 12.0. The average Bonchev–Trinajstić information content (AvgIpc) is 0.748. The average molecular weight is 1360 g/mol. The van der Waals surface area contributed by atoms with E-state index in [1.54, 1.807) is 68.6 Å². The Labute approximate surface area is 594 Å². The van der Waals surface area contributed by atoms with Crippen molar-refractivity contribution in [2.24, 2.45) is 23.7 Å². The van der Waals surface area contributed by atoms with Crippen LogP contribution in [0.5, 0.6) is 17.2 Å². The van der Waals surface area contributed by atoms with Crippen molar-refractivity contribution in [1.29, 1.82) is 0 Å². The van der Waals surface area contributed by atoms with Gasteiger partial charge in [-0.15, -0.1) is 0 Å². The molecular formula is C87H93NO13. The SMILES string of the molecule is CCOC(=O)c1ccc(C(=O)C2CCC2)cc1.CCOC(=O)c1ccc(C(O)(c2ccc(OCc3ccccc3)cc2)C2CCC2)cc1.CCOC(=O)c1ccc(C(c2ccc(O)cc2)C2CCC2)cc1.CCOC(=O)c1ccc(C(c2ccc(OCc3ccccn3)cc2)C2CCC2)cc1. The summed E-state index contributed by atoms with van der Waals surface area (Å²) in [4.78, 5) is 63.4. The van der Waals surface area contributed by atoms with E-state index < -0.39 is 5.60 Å². The highest BCUT2D eigenvalue weighted by Crippen LogP contribution is 2.48. The molecule has 13 rings (SSSR count). The number of ether oxygens (including phenoxy) is 6. The molecule has 4 saturated carbocycles. The lowest BCUT2D eigenvalue weighted by Crippen LogP contribution is -2.40. The minimum atomic E-state index is -1.09. The summed E-state index contributed by atoms with van der Waals surface area (Å²) in [5, 5.41) is 21.4. The molecule has 4 fully saturated rings. The fourth-order valence-electron chi connectivity index (χ4n) is 13.2. The summed E-state index contributed by atoms with van der Waals surface area (Å²) in [5.74, 6) is 3.15. The molecule has 3 unspecified atom stereocenters. The Bertz CT molecular complexity index is 4060. The monoisotopic (exact) mass is 1360 g/mol. The Balaban J connectivity index is 0.000000149. The molecule has 9 aromatic rings. The van der Waals surface area contributed by atoms with Gasteiger partial charge in [-0.25, -0.2) is 19.2 Å². The van der Waals surface area contributed by atoms with Crippen LogP contribution in [0.1, 0.15) is 213 Å². The number of aromatic nitrogens is 1. The van der Waals surface area contributed by atoms with Crippen molar-refractivity contribution < 1.29 is 62.6 Å². The molecule has 4 aliphatic rings. The van der Waals surface area contributed by atoms with E-state index in [0.717, 1.165) is 72.4 Å². The number of ketones is 1. The molecule has 0 radical (unpaired) electrons. The molecular weight excluding hydrogens is 1270 g/mol. The molecule has 4 aliphatic carbocycles. The number of phenols is 1. The van der Waals surface area contributed by atoms with Crippen LogP contribution >= 0.6 is 0 Å². The van der Waals surface area contributed by atoms with Gasteiger partial charge >= 0.3 is 23.9 Å². The molecule has 14 heteroatoms. The third-order valence-electron chi connectivity index (χ3n) is 19.6. The largest absolute Gasteiger partial charge is 0.508 e. The quantitative estimate of drug-likeness (QED) is 0.0312. The van der Waals surface area contributed by atoms with Gasteiger partial charge in [0.05, 0.1) is 54.4 Å². The summed E-state index contributed by atoms with van der Waals surface area (Å²) in [5.41, 5.74) is 10.4. The number of nitrogens with zero attached hydrogens (tertiary/aromatic N) is 1. The predicted octanol–water partition coefficient (Wildman–Crippen LogP) is 18.6. The van der Waals surface area contributed by atoms with Crippen molar-refractivity contribution in [2.75, 3.05) is 26.4 Å². The van der Waals surface area contributed by atoms with Crippen LogP contribution in [0, 0.1) is 23.7 Å². The second kappa shape index (κ2) is 36.8. The second-order valence-electron chi connectivity index (χ2n) is 26.1. The smallest absolute Gasteiger partial charge is 0.338 e. The van der Waals surface area contributed by atoms with Gasteiger partial charge in [0.1, 0.15) is 36.1 Å². The molecule has 2 N–H and O–H groups in total. The Morgan fingerprint density at radius 2 is 0.762 bits per heavy atom. The number of carbonyl (C=O) groups is 5. The molecule has 1 aromatic heterocycles. The number of rotatable bonds is 25. The fourth-order valence-corrected chi connectivity index (χ4v) is 13.2. The van der Waals surface area contributed by atoms with Crippen LogP contribution in [-0.2, 0) is 37.8 Å². The number of aliphatic hydroxyl groups is 1. The summed E-state index contributed by atoms with van der Waals surface area (Å²) >= 11 is 0. The number of benzene rings is 8. The van der Waals surface area contributed by atoms with E-state index in [0.29, 0.717) is 96.9 Å². The molecule has 3 atom stereocenters. The van der Waals surface area contributed by atoms with E-state index in [2.05, 4.69) is 29.2 Å². The van der Waals surface area contributed by atoms with Gasteiger partial charge in [-0.1, -0.05) is 147 Å². The topological polar surface area (TPSA) is 194 Å². The lowest BCUT2D eigenvalue weighted by molar-refractivity contribution is -0.0200. The predicted molar refractivity (Wildman–Crippen MR) is 390 cm³/mol. The summed E-state index contributed by atoms with van der Waals surface area (Å²) < 4.78 is 31.9. The number of carbonyl (C=O) groups excluding carboxylic acids is 5. The van der Waals surface area contributed by atoms with Crippen molar-refractivity contribution in [3.05, 3.63) is 297 Å². The van der Waals surface area contributed by atoms with Crippen LogP contribution < -0.4 is 9.47 Å². The Morgan fingerprint density at radius 1 is 0.406 bits per heavy atom. The lowest BCUT2D eigenvalue weighted by Gasteiger charge is -2.42. The molecule has 0 aliphatic heterocycles. The maximum atomic E-state index is 12.0. The molecule has 0 amide bonds. The van der Waals surface area contributed by atoms with E-state index in [1.165, 1.54) is 60.8 Å². The standard InChI is InChI=1S/C27H28O4.C26H27NO3.C20H22O3.C14H16O3/c1-2-30-26(28)21-11-13-23(14-12-21)27(29,22-9-6-10-22)24-15-17-25(18-16-24)31-19-20-7-4-3-5-8-20;1-2-29-26(28)22-11-9-20(10-12-22)25(19-6-5-7-19)21-13-15-24(16-14-21)30-18-23-8-3-4-17-27-23;1-2-23-20(22)17-8-6-15(7-9-17)19(14-4-3-5-14)16-10-12-18(21)13-11-16;1-2-17-14(16)12-8-6-11(7-9-12)13(15)10-4-3-5-10/h3-5,7-8,11-18,22,29H,2,6,9-10,19H2,1H3;3-4,8-17,19,25H,2,5-7,18H2,1H3;6-14,19,21H,2-5H2,1H3;6-10H,2-5H2,1H3. The van der Waals surface area contributed by atoms with Crippen molar-refractivity contribution >= 4 is 29.7 Å². The van der Waals surface area contributed by atoms with Crippen LogP contribution in [-0.4, -0.2) is 71.3 Å². The molecule has 14 nitrogen and oxygen atoms in total. The van der Waals surface area contributed by atoms with Crippen molar-refractivity contribution in [2.45, 2.75) is 135 Å². The molecule has 8 aromatic carbocycles. The first-order chi connectivity index (χ1) is 49.3. The van der Waals surface area contributed by atoms with E-state index in [1.807, 2.05) is 159 Å². The van der Waals surface area contributed by atoms with Gasteiger partial charge < -0.3 is 38.6 Å². The van der Waals surface area contributed by atoms with Crippen LogP contribution in [0.25, 0.3) is 0 Å². The zero-order valence-corrected chi connectivity index (χ0v) is 58.4. The van der Waals surface area contributed by atoms with Crippen LogP contribution in [0.3, 0.4) is 0 Å². The first kappa shape index (κ1) is 73.5. The number of pyridine rings is 1. The van der Waals surface area contributed by atoms with E-state index in [-0.39, 0.29) is 41.5 Å². The third-order valence-corrected chi connectivity index (χ3v) is 19.6. The Morgan fingerprint density at radius 3 is 1.14 bits per heavy atom. The van der Waals surface area contributed by atoms with Gasteiger partial charge in [0.2, 0.25) is 0 Å². The molecule has 0 spiro atoms. The highest BCUT2D eigenvalue weighted by Gasteiger charge is 2.43. The number of hydrogen-bond acceptors (Lipinski definition) is 14. The first-order valence-corrected chi connectivity index (χ1v) is 35.8. The van der Waals surface area contributed by atoms with Crippen LogP contribution in [0.15, 0.2) is 225 Å². The zero-order valence-electron chi connectivity index (χ0n) is 58.4. The molecule has 524 valence electrons. The van der Waals surface area contributed by atoms with Gasteiger partial charge in [-0.3, -0.25) is 9.78 Å². The molecule has 1 heterocycles. The highest BCUT2D eigenvalue weighted by molar-refractivity contribution is 5.99. The highest BCUT2D eigenvalue weighted by atomic mass is 16.5. The third kappa shape index (κ3) is 19.6. The summed E-state index contributed by atoms with van der Waals surface area (Å²) in [6.45, 7) is 9.63. The van der Waals surface area contributed by atoms with Crippen LogP contribution in [0.2, 0.25) is 0 Å². The van der Waals surface area contributed by atoms with Gasteiger partial charge in [0, 0.05) is 29.5 Å². The number of esters is 4. The van der Waals surface area contributed by atoms with Crippen molar-refractivity contribution in [1.82, 2.24) is 4.98 Å². The van der Waals surface area contributed by atoms with Gasteiger partial charge in [0.25, 0.3) is 0 Å². The number of Topliss-reactive ketones (excluding diaryl/α,β-unsaturated/α-hetero) is 1. The molecule has 0 bridgehead atoms. The maximum Gasteiger partial charge on any atom is 0.338 e. The molecule has 0 saturated heterocycles. The van der Waals surface area contributed by atoms with Crippen LogP contribution in [0.4, 0.5) is 0 Å². The zero-order chi connectivity index (χ0) is 70.9. The van der Waals surface area contributed by atoms with E-state index in [4.69, 9.17) is 28.4 Å². The van der Waals surface area contributed by atoms with Gasteiger partial charge in [0.15, 0.2) is 5.78 Å². The van der Waals surface area contributed by atoms with E-state index >= 15 is 0 Å². The minimum absolute atomic E-state index is 0.150. The first-order valence-electron chi connectivity index (χ1n) is 35.8. The number of aromatic hydroxyl groups is 1. The molecule has 101 heavy (non-hydrogen) atoms. The summed E-state index contributed by atoms with van der Waals surface area (Å²) in [7, 11) is 0. The minimum Gasteiger partial charge on any atom is -0.508 e. The Hall–Kier alpha value is -10.2. The lowest BCUT2D eigenvalue weighted by atomic mass is 9.66. The van der Waals surface area contributed by atoms with Crippen molar-refractivity contribution in [3.8, 4) is 17.2 Å². The summed E-state index contributed by atoms with van der Waals surface area (Å²) in [6, 6.07) is 69.0. The van der Waals surface area contributed by atoms with Gasteiger partial charge in [-0.05, 0) is 233 Å². The number of phenolic OH excluding ortho intramolecular Hbond substituents is 1. The summed E-state index contributed by atoms with van der Waals surface area (Å²) in [6.07, 6.45) is 15.5. The second-order valence-corrected chi connectivity index (χ2v) is 26.1. The fraction of sp³-hybridized carbons (Fsp3) is 0.333. The van der Waals surface area contributed by atoms with E-state index in [9.17, 15) is 34.2 Å².